The molecule has 0 aliphatic carbocycles. The van der Waals surface area contributed by atoms with Crippen LogP contribution < -0.4 is 31.8 Å². The van der Waals surface area contributed by atoms with E-state index in [9.17, 15) is 14.4 Å². The van der Waals surface area contributed by atoms with Crippen LogP contribution in [0.15, 0.2) is 33.9 Å². The van der Waals surface area contributed by atoms with Crippen molar-refractivity contribution in [3.05, 3.63) is 50.7 Å². The quantitative estimate of drug-likeness (QED) is 0.428. The summed E-state index contributed by atoms with van der Waals surface area (Å²) in [4.78, 5) is 37.3. The highest BCUT2D eigenvalue weighted by molar-refractivity contribution is 6.03. The molecule has 0 saturated carbocycles. The molecule has 0 saturated heterocycles. The number of ether oxygens (including phenoxy) is 3. The number of benzene rings is 1. The molecule has 31 heavy (non-hydrogen) atoms. The summed E-state index contributed by atoms with van der Waals surface area (Å²) in [5.41, 5.74) is 5.35. The van der Waals surface area contributed by atoms with Crippen LogP contribution in [0.2, 0.25) is 0 Å². The first-order valence-corrected chi connectivity index (χ1v) is 9.79. The van der Waals surface area contributed by atoms with E-state index in [2.05, 4.69) is 5.32 Å². The Morgan fingerprint density at radius 1 is 1.10 bits per heavy atom. The fourth-order valence-corrected chi connectivity index (χ4v) is 2.90. The minimum absolute atomic E-state index is 0.0813. The number of carbonyl (C=O) groups excluding carboxylic acids is 1. The second-order valence-corrected chi connectivity index (χ2v) is 6.41. The van der Waals surface area contributed by atoms with E-state index in [1.807, 2.05) is 0 Å². The van der Waals surface area contributed by atoms with Gasteiger partial charge in [-0.15, -0.1) is 0 Å². The lowest BCUT2D eigenvalue weighted by atomic mass is 10.2. The Morgan fingerprint density at radius 2 is 1.81 bits per heavy atom. The monoisotopic (exact) mass is 432 g/mol. The van der Waals surface area contributed by atoms with Crippen LogP contribution in [-0.2, 0) is 22.6 Å². The van der Waals surface area contributed by atoms with Gasteiger partial charge in [0.05, 0.1) is 13.7 Å². The van der Waals surface area contributed by atoms with E-state index in [1.54, 1.807) is 45.2 Å². The maximum absolute atomic E-state index is 12.6. The van der Waals surface area contributed by atoms with Crippen molar-refractivity contribution >= 4 is 23.5 Å². The lowest BCUT2D eigenvalue weighted by Crippen LogP contribution is -2.42. The number of nitrogens with two attached hydrogens (primary N) is 1. The zero-order valence-electron chi connectivity index (χ0n) is 18.1. The van der Waals surface area contributed by atoms with Gasteiger partial charge in [0.1, 0.15) is 18.1 Å². The van der Waals surface area contributed by atoms with E-state index in [4.69, 9.17) is 19.9 Å². The van der Waals surface area contributed by atoms with E-state index < -0.39 is 17.2 Å². The minimum atomic E-state index is -0.644. The number of hydrogen-bond donors (Lipinski definition) is 2. The van der Waals surface area contributed by atoms with Crippen LogP contribution in [0.4, 0.5) is 11.5 Å². The molecule has 1 aromatic carbocycles. The summed E-state index contributed by atoms with van der Waals surface area (Å²) in [7, 11) is 3.11. The minimum Gasteiger partial charge on any atom is -0.493 e. The molecule has 0 radical (unpaired) electrons. The lowest BCUT2D eigenvalue weighted by Gasteiger charge is -2.14. The van der Waals surface area contributed by atoms with Crippen molar-refractivity contribution in [3.63, 3.8) is 0 Å². The predicted molar refractivity (Wildman–Crippen MR) is 119 cm³/mol. The molecule has 0 bridgehead atoms. The van der Waals surface area contributed by atoms with Gasteiger partial charge in [0.25, 0.3) is 5.56 Å². The highest BCUT2D eigenvalue weighted by Gasteiger charge is 2.17. The average Bonchev–Trinajstić information content (AvgIpc) is 2.76. The van der Waals surface area contributed by atoms with Gasteiger partial charge in [0.15, 0.2) is 11.5 Å². The van der Waals surface area contributed by atoms with Gasteiger partial charge in [0.2, 0.25) is 5.91 Å². The first kappa shape index (κ1) is 23.7. The average molecular weight is 432 g/mol. The lowest BCUT2D eigenvalue weighted by molar-refractivity contribution is -0.111. The molecule has 0 aliphatic heterocycles. The summed E-state index contributed by atoms with van der Waals surface area (Å²) < 4.78 is 18.1. The van der Waals surface area contributed by atoms with Crippen LogP contribution in [0.5, 0.6) is 11.5 Å². The third-order valence-corrected chi connectivity index (χ3v) is 4.51. The maximum atomic E-state index is 12.6. The molecule has 10 nitrogen and oxygen atoms in total. The van der Waals surface area contributed by atoms with E-state index in [1.165, 1.54) is 17.8 Å². The van der Waals surface area contributed by atoms with E-state index >= 15 is 0 Å². The summed E-state index contributed by atoms with van der Waals surface area (Å²) in [6, 6.07) is 5.18. The number of amides is 1. The van der Waals surface area contributed by atoms with E-state index in [0.717, 1.165) is 4.57 Å². The second kappa shape index (κ2) is 11.0. The zero-order valence-corrected chi connectivity index (χ0v) is 18.1. The highest BCUT2D eigenvalue weighted by Crippen LogP contribution is 2.28. The number of aromatic nitrogens is 2. The Balaban J connectivity index is 2.26. The van der Waals surface area contributed by atoms with Crippen molar-refractivity contribution in [2.75, 3.05) is 38.5 Å². The number of carbonyl (C=O) groups is 1. The topological polar surface area (TPSA) is 127 Å². The zero-order chi connectivity index (χ0) is 23.0. The van der Waals surface area contributed by atoms with Crippen molar-refractivity contribution in [1.29, 1.82) is 0 Å². The van der Waals surface area contributed by atoms with Gasteiger partial charge in [-0.3, -0.25) is 18.7 Å². The van der Waals surface area contributed by atoms with E-state index in [0.29, 0.717) is 30.3 Å². The molecular formula is C21H28N4O6. The van der Waals surface area contributed by atoms with Crippen LogP contribution in [0, 0.1) is 0 Å². The fourth-order valence-electron chi connectivity index (χ4n) is 2.90. The molecule has 0 spiro atoms. The van der Waals surface area contributed by atoms with Crippen LogP contribution in [0.1, 0.15) is 19.4 Å². The molecule has 1 aromatic heterocycles. The van der Waals surface area contributed by atoms with Crippen LogP contribution in [-0.4, -0.2) is 42.5 Å². The molecule has 2 aromatic rings. The second-order valence-electron chi connectivity index (χ2n) is 6.41. The smallest absolute Gasteiger partial charge is 0.332 e. The van der Waals surface area contributed by atoms with Crippen molar-refractivity contribution < 1.29 is 19.0 Å². The number of anilines is 2. The number of rotatable bonds is 10. The first-order valence-electron chi connectivity index (χ1n) is 9.79. The van der Waals surface area contributed by atoms with Crippen molar-refractivity contribution in [3.8, 4) is 11.5 Å². The van der Waals surface area contributed by atoms with Crippen molar-refractivity contribution in [2.45, 2.75) is 26.9 Å². The third-order valence-electron chi connectivity index (χ3n) is 4.51. The number of nitrogens with zero attached hydrogens (tertiary/aromatic N) is 2. The summed E-state index contributed by atoms with van der Waals surface area (Å²) in [5, 5.41) is 2.49. The Bertz CT molecular complexity index is 1070. The molecule has 0 fully saturated rings. The Hall–Kier alpha value is -3.53. The molecule has 0 atom stereocenters. The summed E-state index contributed by atoms with van der Waals surface area (Å²) in [6.45, 7) is 4.58. The molecule has 10 heteroatoms. The van der Waals surface area contributed by atoms with Gasteiger partial charge < -0.3 is 25.3 Å². The van der Waals surface area contributed by atoms with Gasteiger partial charge in [-0.1, -0.05) is 6.07 Å². The molecule has 1 amide bonds. The Kier molecular flexibility index (Phi) is 8.44. The normalized spacial score (nSPS) is 11.0. The van der Waals surface area contributed by atoms with Gasteiger partial charge >= 0.3 is 5.69 Å². The van der Waals surface area contributed by atoms with Crippen LogP contribution in [0.25, 0.3) is 6.08 Å². The Morgan fingerprint density at radius 3 is 2.42 bits per heavy atom. The summed E-state index contributed by atoms with van der Waals surface area (Å²) >= 11 is 0. The maximum Gasteiger partial charge on any atom is 0.332 e. The fraction of sp³-hybridized carbons (Fsp3) is 0.381. The first-order chi connectivity index (χ1) is 14.9. The molecule has 168 valence electrons. The van der Waals surface area contributed by atoms with E-state index in [-0.39, 0.29) is 24.6 Å². The molecule has 2 rings (SSSR count). The van der Waals surface area contributed by atoms with Crippen molar-refractivity contribution in [1.82, 2.24) is 9.13 Å². The molecule has 0 unspecified atom stereocenters. The molecule has 0 aliphatic rings. The van der Waals surface area contributed by atoms with Gasteiger partial charge in [-0.25, -0.2) is 4.79 Å². The van der Waals surface area contributed by atoms with Crippen LogP contribution in [0.3, 0.4) is 0 Å². The van der Waals surface area contributed by atoms with Crippen molar-refractivity contribution in [2.24, 2.45) is 0 Å². The SMILES string of the molecule is CCn1c(N)c(NC(=O)/C=C/c2ccc(OC)c(OCCOC)c2)c(=O)n(CC)c1=O. The number of nitrogens with one attached hydrogen (secondary N) is 1. The molecule has 1 heterocycles. The molecular weight excluding hydrogens is 404 g/mol. The summed E-state index contributed by atoms with van der Waals surface area (Å²) in [6.07, 6.45) is 2.82. The predicted octanol–water partition coefficient (Wildman–Crippen LogP) is 1.32. The number of nitrogen functional groups attached to an aromatic ring is 1. The van der Waals surface area contributed by atoms with Gasteiger partial charge in [0, 0.05) is 26.3 Å². The standard InChI is InChI=1S/C21H28N4O6/c1-5-24-19(22)18(20(27)25(6-2)21(24)28)23-17(26)10-8-14-7-9-15(30-4)16(13-14)31-12-11-29-3/h7-10,13H,5-6,11-12,22H2,1-4H3,(H,23,26)/b10-8+. The third kappa shape index (κ3) is 5.54. The number of hydrogen-bond acceptors (Lipinski definition) is 7. The van der Waals surface area contributed by atoms with Gasteiger partial charge in [-0.2, -0.15) is 0 Å². The van der Waals surface area contributed by atoms with Crippen LogP contribution >= 0.6 is 0 Å². The number of methoxy groups -OCH3 is 2. The van der Waals surface area contributed by atoms with Gasteiger partial charge in [-0.05, 0) is 37.6 Å². The largest absolute Gasteiger partial charge is 0.493 e. The summed E-state index contributed by atoms with van der Waals surface area (Å²) in [5.74, 6) is 0.410. The Labute approximate surface area is 179 Å². The highest BCUT2D eigenvalue weighted by atomic mass is 16.5. The molecule has 3 N–H and O–H groups in total.